The number of benzene rings is 2. The highest BCUT2D eigenvalue weighted by Crippen LogP contribution is 2.20. The van der Waals surface area contributed by atoms with Crippen LogP contribution in [0.15, 0.2) is 58.7 Å². The topological polar surface area (TPSA) is 82.9 Å². The Kier molecular flexibility index (Phi) is 7.53. The lowest BCUT2D eigenvalue weighted by atomic mass is 9.84. The molecule has 0 saturated heterocycles. The first-order valence-electron chi connectivity index (χ1n) is 8.82. The molecule has 2 rings (SSSR count). The summed E-state index contributed by atoms with van der Waals surface area (Å²) in [5, 5.41) is 9.47. The zero-order chi connectivity index (χ0) is 21.6. The molecule has 2 aromatic carbocycles. The van der Waals surface area contributed by atoms with Gasteiger partial charge >= 0.3 is 0 Å². The van der Waals surface area contributed by atoms with Crippen molar-refractivity contribution in [3.63, 3.8) is 0 Å². The van der Waals surface area contributed by atoms with Crippen molar-refractivity contribution in [2.24, 2.45) is 15.6 Å². The van der Waals surface area contributed by atoms with Crippen LogP contribution in [0.3, 0.4) is 0 Å². The zero-order valence-corrected chi connectivity index (χ0v) is 18.1. The minimum absolute atomic E-state index is 0.345. The van der Waals surface area contributed by atoms with Gasteiger partial charge in [-0.05, 0) is 76.2 Å². The fourth-order valence-corrected chi connectivity index (χ4v) is 2.39. The van der Waals surface area contributed by atoms with E-state index in [1.165, 1.54) is 0 Å². The lowest BCUT2D eigenvalue weighted by Gasteiger charge is -2.24. The third-order valence-corrected chi connectivity index (χ3v) is 5.18. The Labute approximate surface area is 180 Å². The summed E-state index contributed by atoms with van der Waals surface area (Å²) < 4.78 is 0. The van der Waals surface area contributed by atoms with Crippen molar-refractivity contribution in [3.05, 3.63) is 69.7 Å². The molecule has 0 aliphatic heterocycles. The number of carbonyl (C=O) groups is 2. The molecule has 0 atom stereocenters. The van der Waals surface area contributed by atoms with E-state index in [-0.39, 0.29) is 11.8 Å². The molecule has 0 bridgehead atoms. The molecule has 6 nitrogen and oxygen atoms in total. The van der Waals surface area contributed by atoms with E-state index < -0.39 is 5.41 Å². The summed E-state index contributed by atoms with van der Waals surface area (Å²) in [4.78, 5) is 24.4. The number of hydrogen-bond donors (Lipinski definition) is 2. The summed E-state index contributed by atoms with van der Waals surface area (Å²) in [5.41, 5.74) is 6.61. The molecule has 0 aliphatic rings. The van der Waals surface area contributed by atoms with E-state index in [1.807, 2.05) is 13.8 Å². The normalized spacial score (nSPS) is 12.5. The fraction of sp³-hybridized carbons (Fsp3) is 0.238. The van der Waals surface area contributed by atoms with Gasteiger partial charge in [0, 0.05) is 38.0 Å². The molecule has 0 spiro atoms. The van der Waals surface area contributed by atoms with Crippen molar-refractivity contribution in [2.45, 2.75) is 27.7 Å². The SMILES string of the molecule is C/C(=N\NC(=O)c1ccc(Cl)cc1)C(C)(C)/C(C)=N/NC(=O)c1ccc(Cl)cc1. The molecule has 0 saturated carbocycles. The number of halogens is 2. The van der Waals surface area contributed by atoms with E-state index in [9.17, 15) is 9.59 Å². The molecule has 29 heavy (non-hydrogen) atoms. The summed E-state index contributed by atoms with van der Waals surface area (Å²) in [6, 6.07) is 13.0. The molecule has 2 N–H and O–H groups in total. The van der Waals surface area contributed by atoms with Crippen LogP contribution in [0.25, 0.3) is 0 Å². The van der Waals surface area contributed by atoms with Crippen LogP contribution in [0.2, 0.25) is 10.0 Å². The highest BCUT2D eigenvalue weighted by Gasteiger charge is 2.26. The van der Waals surface area contributed by atoms with Gasteiger partial charge < -0.3 is 0 Å². The molecule has 152 valence electrons. The van der Waals surface area contributed by atoms with Crippen molar-refractivity contribution in [1.82, 2.24) is 10.9 Å². The molecule has 2 aromatic rings. The maximum atomic E-state index is 12.2. The van der Waals surface area contributed by atoms with Crippen molar-refractivity contribution in [2.75, 3.05) is 0 Å². The number of hydrogen-bond acceptors (Lipinski definition) is 4. The summed E-state index contributed by atoms with van der Waals surface area (Å²) in [5.74, 6) is -0.690. The van der Waals surface area contributed by atoms with Crippen LogP contribution in [0.1, 0.15) is 48.4 Å². The molecule has 0 radical (unpaired) electrons. The van der Waals surface area contributed by atoms with Gasteiger partial charge in [0.15, 0.2) is 0 Å². The van der Waals surface area contributed by atoms with E-state index in [2.05, 4.69) is 21.1 Å². The van der Waals surface area contributed by atoms with Crippen LogP contribution in [0, 0.1) is 5.41 Å². The molecular weight excluding hydrogens is 411 g/mol. The van der Waals surface area contributed by atoms with E-state index in [0.29, 0.717) is 32.6 Å². The molecular formula is C21H22Cl2N4O2. The Morgan fingerprint density at radius 3 is 1.34 bits per heavy atom. The van der Waals surface area contributed by atoms with E-state index in [1.54, 1.807) is 62.4 Å². The summed E-state index contributed by atoms with van der Waals surface area (Å²) >= 11 is 11.7. The van der Waals surface area contributed by atoms with Crippen LogP contribution in [0.4, 0.5) is 0 Å². The molecule has 0 unspecified atom stereocenters. The number of carbonyl (C=O) groups excluding carboxylic acids is 2. The number of hydrazone groups is 2. The van der Waals surface area contributed by atoms with Crippen LogP contribution in [-0.2, 0) is 0 Å². The molecule has 0 fully saturated rings. The van der Waals surface area contributed by atoms with Gasteiger partial charge in [-0.1, -0.05) is 23.2 Å². The second-order valence-electron chi connectivity index (χ2n) is 6.92. The maximum absolute atomic E-state index is 12.2. The lowest BCUT2D eigenvalue weighted by Crippen LogP contribution is -2.34. The minimum Gasteiger partial charge on any atom is -0.267 e. The van der Waals surface area contributed by atoms with Crippen LogP contribution in [0.5, 0.6) is 0 Å². The van der Waals surface area contributed by atoms with E-state index in [0.717, 1.165) is 0 Å². The maximum Gasteiger partial charge on any atom is 0.271 e. The van der Waals surface area contributed by atoms with Gasteiger partial charge in [-0.2, -0.15) is 10.2 Å². The summed E-state index contributed by atoms with van der Waals surface area (Å²) in [6.45, 7) is 7.35. The molecule has 8 heteroatoms. The van der Waals surface area contributed by atoms with Crippen molar-refractivity contribution >= 4 is 46.4 Å². The van der Waals surface area contributed by atoms with Gasteiger partial charge in [-0.25, -0.2) is 10.9 Å². The Morgan fingerprint density at radius 1 is 0.724 bits per heavy atom. The van der Waals surface area contributed by atoms with Crippen molar-refractivity contribution < 1.29 is 9.59 Å². The van der Waals surface area contributed by atoms with Gasteiger partial charge in [-0.3, -0.25) is 9.59 Å². The van der Waals surface area contributed by atoms with Gasteiger partial charge in [-0.15, -0.1) is 0 Å². The Balaban J connectivity index is 2.04. The summed E-state index contributed by atoms with van der Waals surface area (Å²) in [7, 11) is 0. The summed E-state index contributed by atoms with van der Waals surface area (Å²) in [6.07, 6.45) is 0. The third-order valence-electron chi connectivity index (χ3n) is 4.67. The smallest absolute Gasteiger partial charge is 0.267 e. The number of amides is 2. The first-order chi connectivity index (χ1) is 13.6. The highest BCUT2D eigenvalue weighted by molar-refractivity contribution is 6.31. The second kappa shape index (κ2) is 9.67. The predicted octanol–water partition coefficient (Wildman–Crippen LogP) is 4.93. The van der Waals surface area contributed by atoms with Crippen LogP contribution in [-0.4, -0.2) is 23.2 Å². The monoisotopic (exact) mass is 432 g/mol. The first-order valence-corrected chi connectivity index (χ1v) is 9.58. The van der Waals surface area contributed by atoms with Gasteiger partial charge in [0.25, 0.3) is 11.8 Å². The standard InChI is InChI=1S/C21H22Cl2N4O2/c1-13(24-26-19(28)15-5-9-17(22)10-6-15)21(3,4)14(2)25-27-20(29)16-7-11-18(23)12-8-16/h5-12H,1-4H3,(H,26,28)(H,27,29)/b24-13+,25-14+. The van der Waals surface area contributed by atoms with Crippen LogP contribution >= 0.6 is 23.2 Å². The third kappa shape index (κ3) is 6.14. The Hall–Kier alpha value is -2.70. The zero-order valence-electron chi connectivity index (χ0n) is 16.6. The number of rotatable bonds is 6. The van der Waals surface area contributed by atoms with Gasteiger partial charge in [0.2, 0.25) is 0 Å². The highest BCUT2D eigenvalue weighted by atomic mass is 35.5. The van der Waals surface area contributed by atoms with Crippen LogP contribution < -0.4 is 10.9 Å². The van der Waals surface area contributed by atoms with Gasteiger partial charge in [0.1, 0.15) is 0 Å². The van der Waals surface area contributed by atoms with Crippen molar-refractivity contribution in [3.8, 4) is 0 Å². The average molecular weight is 433 g/mol. The van der Waals surface area contributed by atoms with E-state index >= 15 is 0 Å². The van der Waals surface area contributed by atoms with E-state index in [4.69, 9.17) is 23.2 Å². The average Bonchev–Trinajstić information content (AvgIpc) is 2.70. The largest absolute Gasteiger partial charge is 0.271 e. The quantitative estimate of drug-likeness (QED) is 0.500. The number of nitrogens with one attached hydrogen (secondary N) is 2. The predicted molar refractivity (Wildman–Crippen MR) is 118 cm³/mol. The number of nitrogens with zero attached hydrogens (tertiary/aromatic N) is 2. The fourth-order valence-electron chi connectivity index (χ4n) is 2.14. The second-order valence-corrected chi connectivity index (χ2v) is 7.79. The molecule has 2 amide bonds. The lowest BCUT2D eigenvalue weighted by molar-refractivity contribution is 0.0947. The Bertz CT molecular complexity index is 872. The Morgan fingerprint density at radius 2 is 1.03 bits per heavy atom. The van der Waals surface area contributed by atoms with Gasteiger partial charge in [0.05, 0.1) is 0 Å². The van der Waals surface area contributed by atoms with Crippen molar-refractivity contribution in [1.29, 1.82) is 0 Å². The molecule has 0 aromatic heterocycles. The molecule has 0 aliphatic carbocycles. The minimum atomic E-state index is -0.597. The first kappa shape index (κ1) is 22.6. The molecule has 0 heterocycles.